The molecule has 0 aliphatic heterocycles. The van der Waals surface area contributed by atoms with Crippen LogP contribution in [0.4, 0.5) is 26.3 Å². The molecule has 0 saturated heterocycles. The lowest BCUT2D eigenvalue weighted by atomic mass is 9.91. The first-order valence-electron chi connectivity index (χ1n) is 15.9. The second kappa shape index (κ2) is 21.3. The van der Waals surface area contributed by atoms with Crippen LogP contribution in [0, 0.1) is 19.8 Å². The number of ether oxygens (including phenoxy) is 3. The Morgan fingerprint density at radius 3 is 1.67 bits per heavy atom. The van der Waals surface area contributed by atoms with E-state index in [9.17, 15) is 53.9 Å². The summed E-state index contributed by atoms with van der Waals surface area (Å²) in [5.41, 5.74) is -1.99. The van der Waals surface area contributed by atoms with Crippen molar-refractivity contribution >= 4 is 56.5 Å². The zero-order chi connectivity index (χ0) is 41.5. The Hall–Kier alpha value is -2.68. The van der Waals surface area contributed by atoms with Crippen LogP contribution in [-0.4, -0.2) is 81.7 Å². The Kier molecular flexibility index (Phi) is 21.0. The molecule has 1 aromatic carbocycles. The fourth-order valence-electron chi connectivity index (χ4n) is 2.82. The van der Waals surface area contributed by atoms with Crippen LogP contribution in [0.2, 0.25) is 0 Å². The number of benzene rings is 1. The highest BCUT2D eigenvalue weighted by Gasteiger charge is 2.50. The van der Waals surface area contributed by atoms with Crippen LogP contribution in [0.1, 0.15) is 98.4 Å². The highest BCUT2D eigenvalue weighted by molar-refractivity contribution is 14.1. The third-order valence-electron chi connectivity index (χ3n) is 7.62. The van der Waals surface area contributed by atoms with Crippen LogP contribution >= 0.6 is 22.6 Å². The van der Waals surface area contributed by atoms with Gasteiger partial charge in [-0.3, -0.25) is 14.4 Å². The molecule has 0 radical (unpaired) electrons. The maximum absolute atomic E-state index is 13.0. The fraction of sp³-hybridized carbons (Fsp3) is 0.697. The molecule has 0 saturated carbocycles. The molecule has 0 bridgehead atoms. The van der Waals surface area contributed by atoms with Crippen molar-refractivity contribution in [1.82, 2.24) is 4.72 Å². The van der Waals surface area contributed by atoms with Gasteiger partial charge in [0.15, 0.2) is 6.61 Å². The molecule has 19 heteroatoms. The Bertz CT molecular complexity index is 1450. The van der Waals surface area contributed by atoms with E-state index in [1.807, 2.05) is 36.4 Å². The standard InChI is InChI=1S/C13H15IO4.C11H16F6O2.C9H19NO4S/c1-4-13(2,3)12(17)18-8-5-6-10(14)9(7-8)11(15)16;1-4-9(2,3)8(18)19-6-10(14,15)5-11(16,17)7(12)13;1-5-9(2,3)8(11)14-7-6-10-15(4,12)13/h5-7H,4H2,1-3H3,(H,15,16);7H,4-6H2,1-3H3;10H,5-7H2,1-4H3. The smallest absolute Gasteiger partial charge is 0.336 e. The zero-order valence-corrected chi connectivity index (χ0v) is 33.9. The summed E-state index contributed by atoms with van der Waals surface area (Å²) in [4.78, 5) is 45.6. The summed E-state index contributed by atoms with van der Waals surface area (Å²) in [7, 11) is -3.20. The highest BCUT2D eigenvalue weighted by atomic mass is 127. The number of carbonyl (C=O) groups excluding carboxylic acids is 3. The summed E-state index contributed by atoms with van der Waals surface area (Å²) < 4.78 is 113. The van der Waals surface area contributed by atoms with Gasteiger partial charge in [0.1, 0.15) is 12.4 Å². The normalized spacial score (nSPS) is 12.5. The monoisotopic (exact) mass is 893 g/mol. The summed E-state index contributed by atoms with van der Waals surface area (Å²) in [5, 5.41) is 8.98. The van der Waals surface area contributed by atoms with Gasteiger partial charge < -0.3 is 19.3 Å². The molecule has 302 valence electrons. The van der Waals surface area contributed by atoms with Gasteiger partial charge in [0.2, 0.25) is 10.0 Å². The molecule has 0 atom stereocenters. The number of hydrogen-bond acceptors (Lipinski definition) is 9. The van der Waals surface area contributed by atoms with E-state index in [0.717, 1.165) is 6.26 Å². The number of sulfonamides is 1. The fourth-order valence-corrected chi connectivity index (χ4v) is 3.84. The van der Waals surface area contributed by atoms with Crippen LogP contribution in [0.15, 0.2) is 18.2 Å². The van der Waals surface area contributed by atoms with E-state index in [0.29, 0.717) is 22.8 Å². The van der Waals surface area contributed by atoms with Gasteiger partial charge in [0.05, 0.1) is 34.5 Å². The molecule has 1 rings (SSSR count). The van der Waals surface area contributed by atoms with Gasteiger partial charge in [0.25, 0.3) is 5.92 Å². The molecule has 0 heterocycles. The van der Waals surface area contributed by atoms with E-state index in [2.05, 4.69) is 9.46 Å². The minimum absolute atomic E-state index is 0.0648. The Balaban J connectivity index is 0. The molecular formula is C33H50F6INO10S. The Labute approximate surface area is 315 Å². The number of halogens is 7. The van der Waals surface area contributed by atoms with Crippen LogP contribution < -0.4 is 9.46 Å². The van der Waals surface area contributed by atoms with E-state index in [1.54, 1.807) is 46.8 Å². The number of nitrogens with one attached hydrogen (secondary N) is 1. The SMILES string of the molecule is CCC(C)(C)C(=O)OCC(F)(F)CC(F)(F)C(F)F.CCC(C)(C)C(=O)OCCNS(C)(=O)=O.CCC(C)(C)C(=O)Oc1ccc(I)c(C(=O)O)c1. The summed E-state index contributed by atoms with van der Waals surface area (Å²) in [5.74, 6) is -11.5. The number of carbonyl (C=O) groups is 4. The first-order valence-corrected chi connectivity index (χ1v) is 18.9. The van der Waals surface area contributed by atoms with Crippen molar-refractivity contribution in [2.24, 2.45) is 16.2 Å². The van der Waals surface area contributed by atoms with Crippen molar-refractivity contribution in [2.75, 3.05) is 26.0 Å². The summed E-state index contributed by atoms with van der Waals surface area (Å²) in [6.07, 6.45) is -3.86. The summed E-state index contributed by atoms with van der Waals surface area (Å²) in [6, 6.07) is 4.58. The van der Waals surface area contributed by atoms with E-state index >= 15 is 0 Å². The predicted octanol–water partition coefficient (Wildman–Crippen LogP) is 7.74. The average Bonchev–Trinajstić information content (AvgIpc) is 3.02. The third kappa shape index (κ3) is 20.0. The van der Waals surface area contributed by atoms with Crippen molar-refractivity contribution in [3.05, 3.63) is 27.3 Å². The van der Waals surface area contributed by atoms with Gasteiger partial charge >= 0.3 is 36.2 Å². The average molecular weight is 894 g/mol. The van der Waals surface area contributed by atoms with Crippen molar-refractivity contribution in [1.29, 1.82) is 0 Å². The first kappa shape index (κ1) is 51.4. The van der Waals surface area contributed by atoms with E-state index < -0.39 is 69.5 Å². The lowest BCUT2D eigenvalue weighted by Crippen LogP contribution is -2.39. The topological polar surface area (TPSA) is 162 Å². The van der Waals surface area contributed by atoms with Crippen molar-refractivity contribution < 1.29 is 73.3 Å². The number of aromatic carboxylic acids is 1. The molecule has 0 unspecified atom stereocenters. The van der Waals surface area contributed by atoms with Gasteiger partial charge in [-0.15, -0.1) is 0 Å². The maximum Gasteiger partial charge on any atom is 0.336 e. The number of rotatable bonds is 17. The summed E-state index contributed by atoms with van der Waals surface area (Å²) >= 11 is 1.93. The highest BCUT2D eigenvalue weighted by Crippen LogP contribution is 2.36. The first-order chi connectivity index (χ1) is 23.3. The largest absolute Gasteiger partial charge is 0.478 e. The van der Waals surface area contributed by atoms with Crippen LogP contribution in [0.5, 0.6) is 5.75 Å². The number of carboxylic acid groups (broad SMARTS) is 1. The van der Waals surface area contributed by atoms with Gasteiger partial charge in [-0.2, -0.15) is 0 Å². The molecule has 1 aromatic rings. The van der Waals surface area contributed by atoms with Gasteiger partial charge in [-0.1, -0.05) is 20.8 Å². The molecule has 0 aliphatic carbocycles. The van der Waals surface area contributed by atoms with Gasteiger partial charge in [0, 0.05) is 10.1 Å². The van der Waals surface area contributed by atoms with Crippen LogP contribution in [0.25, 0.3) is 0 Å². The molecule has 0 aliphatic rings. The molecule has 0 aromatic heterocycles. The van der Waals surface area contributed by atoms with Crippen molar-refractivity contribution in [3.63, 3.8) is 0 Å². The number of alkyl halides is 6. The van der Waals surface area contributed by atoms with Gasteiger partial charge in [-0.25, -0.2) is 44.3 Å². The molecule has 2 N–H and O–H groups in total. The molecular weight excluding hydrogens is 843 g/mol. The van der Waals surface area contributed by atoms with Crippen LogP contribution in [0.3, 0.4) is 0 Å². The van der Waals surface area contributed by atoms with E-state index in [-0.39, 0.29) is 36.4 Å². The van der Waals surface area contributed by atoms with Crippen molar-refractivity contribution in [2.45, 2.75) is 106 Å². The van der Waals surface area contributed by atoms with Gasteiger partial charge in [-0.05, 0) is 102 Å². The molecule has 0 fully saturated rings. The minimum Gasteiger partial charge on any atom is -0.478 e. The minimum atomic E-state index is -4.82. The van der Waals surface area contributed by atoms with Crippen LogP contribution in [-0.2, 0) is 33.9 Å². The second-order valence-corrected chi connectivity index (χ2v) is 16.5. The Morgan fingerprint density at radius 2 is 1.27 bits per heavy atom. The quantitative estimate of drug-likeness (QED) is 0.0521. The second-order valence-electron chi connectivity index (χ2n) is 13.5. The van der Waals surface area contributed by atoms with Crippen molar-refractivity contribution in [3.8, 4) is 5.75 Å². The number of esters is 3. The zero-order valence-electron chi connectivity index (χ0n) is 30.9. The number of carboxylic acids is 1. The molecule has 0 spiro atoms. The van der Waals surface area contributed by atoms with E-state index in [4.69, 9.17) is 14.6 Å². The predicted molar refractivity (Wildman–Crippen MR) is 189 cm³/mol. The lowest BCUT2D eigenvalue weighted by molar-refractivity contribution is -0.198. The number of hydrogen-bond donors (Lipinski definition) is 2. The van der Waals surface area contributed by atoms with E-state index in [1.165, 1.54) is 19.9 Å². The third-order valence-corrected chi connectivity index (χ3v) is 9.28. The maximum atomic E-state index is 13.0. The molecule has 11 nitrogen and oxygen atoms in total. The lowest BCUT2D eigenvalue weighted by Gasteiger charge is -2.25. The Morgan fingerprint density at radius 1 is 0.827 bits per heavy atom. The molecule has 0 amide bonds. The summed E-state index contributed by atoms with van der Waals surface area (Å²) in [6.45, 7) is 14.0. The molecule has 52 heavy (non-hydrogen) atoms.